The third-order valence-electron chi connectivity index (χ3n) is 5.62. The van der Waals surface area contributed by atoms with Gasteiger partial charge in [0.1, 0.15) is 4.83 Å². The van der Waals surface area contributed by atoms with Crippen molar-refractivity contribution < 1.29 is 10.2 Å². The van der Waals surface area contributed by atoms with Gasteiger partial charge in [0, 0.05) is 41.2 Å². The molecule has 6 nitrogen and oxygen atoms in total. The lowest BCUT2D eigenvalue weighted by Crippen LogP contribution is -2.40. The summed E-state index contributed by atoms with van der Waals surface area (Å²) in [6, 6.07) is 14.9. The van der Waals surface area contributed by atoms with Crippen LogP contribution in [0.1, 0.15) is 24.0 Å². The fourth-order valence-corrected chi connectivity index (χ4v) is 5.65. The van der Waals surface area contributed by atoms with Gasteiger partial charge in [-0.25, -0.2) is 4.79 Å². The third kappa shape index (κ3) is 4.99. The molecule has 0 radical (unpaired) electrons. The highest BCUT2D eigenvalue weighted by Gasteiger charge is 2.23. The summed E-state index contributed by atoms with van der Waals surface area (Å²) in [6.07, 6.45) is 1.13. The maximum atomic E-state index is 13.6. The van der Waals surface area contributed by atoms with Crippen LogP contribution in [0.25, 0.3) is 20.7 Å². The summed E-state index contributed by atoms with van der Waals surface area (Å²) in [6.45, 7) is 0.191. The van der Waals surface area contributed by atoms with Gasteiger partial charge in [-0.3, -0.25) is 13.9 Å². The molecule has 0 saturated heterocycles. The molecular weight excluding hydrogens is 495 g/mol. The molecule has 0 unspecified atom stereocenters. The van der Waals surface area contributed by atoms with Gasteiger partial charge in [-0.05, 0) is 60.2 Å². The monoisotopic (exact) mass is 518 g/mol. The molecule has 2 aromatic carbocycles. The van der Waals surface area contributed by atoms with Gasteiger partial charge in [0.05, 0.1) is 5.39 Å². The van der Waals surface area contributed by atoms with E-state index in [1.54, 1.807) is 22.8 Å². The van der Waals surface area contributed by atoms with Gasteiger partial charge in [0.25, 0.3) is 5.56 Å². The van der Waals surface area contributed by atoms with Crippen molar-refractivity contribution in [2.45, 2.75) is 32.4 Å². The molecule has 2 heterocycles. The van der Waals surface area contributed by atoms with Crippen LogP contribution in [0.15, 0.2) is 58.1 Å². The molecule has 178 valence electrons. The molecule has 0 aliphatic heterocycles. The average molecular weight is 519 g/mol. The number of fused-ring (bicyclic) bond motifs is 1. The van der Waals surface area contributed by atoms with E-state index in [0.29, 0.717) is 39.5 Å². The Morgan fingerprint density at radius 1 is 0.853 bits per heavy atom. The molecule has 4 aromatic rings. The number of thiophene rings is 1. The molecule has 0 spiro atoms. The highest BCUT2D eigenvalue weighted by molar-refractivity contribution is 7.22. The minimum Gasteiger partial charge on any atom is -0.396 e. The number of benzene rings is 2. The number of hydrogen-bond donors (Lipinski definition) is 2. The van der Waals surface area contributed by atoms with E-state index < -0.39 is 5.69 Å². The Labute approximate surface area is 210 Å². The Morgan fingerprint density at radius 2 is 1.53 bits per heavy atom. The number of aliphatic hydroxyl groups is 2. The van der Waals surface area contributed by atoms with Gasteiger partial charge in [-0.2, -0.15) is 0 Å². The van der Waals surface area contributed by atoms with E-state index in [0.717, 1.165) is 21.6 Å². The number of halogens is 2. The van der Waals surface area contributed by atoms with Gasteiger partial charge >= 0.3 is 5.69 Å². The van der Waals surface area contributed by atoms with E-state index in [1.807, 2.05) is 30.3 Å². The van der Waals surface area contributed by atoms with Crippen molar-refractivity contribution in [1.29, 1.82) is 0 Å². The summed E-state index contributed by atoms with van der Waals surface area (Å²) in [5.41, 5.74) is 1.84. The zero-order valence-electron chi connectivity index (χ0n) is 18.3. The first-order valence-electron chi connectivity index (χ1n) is 11.0. The molecule has 2 aromatic heterocycles. The first-order chi connectivity index (χ1) is 16.4. The average Bonchev–Trinajstić information content (AvgIpc) is 3.19. The molecule has 4 rings (SSSR count). The van der Waals surface area contributed by atoms with Crippen molar-refractivity contribution >= 4 is 44.8 Å². The van der Waals surface area contributed by atoms with Gasteiger partial charge in [0.15, 0.2) is 0 Å². The van der Waals surface area contributed by atoms with Crippen molar-refractivity contribution in [3.05, 3.63) is 90.5 Å². The van der Waals surface area contributed by atoms with Gasteiger partial charge in [-0.15, -0.1) is 11.3 Å². The highest BCUT2D eigenvalue weighted by atomic mass is 35.5. The lowest BCUT2D eigenvalue weighted by molar-refractivity contribution is 0.274. The molecule has 0 aliphatic carbocycles. The van der Waals surface area contributed by atoms with E-state index in [2.05, 4.69) is 0 Å². The molecule has 0 bridgehead atoms. The Hall–Kier alpha value is -2.42. The molecule has 0 fully saturated rings. The summed E-state index contributed by atoms with van der Waals surface area (Å²) < 4.78 is 2.75. The second-order valence-electron chi connectivity index (χ2n) is 7.95. The molecular formula is C25H24Cl2N2O4S. The van der Waals surface area contributed by atoms with E-state index in [4.69, 9.17) is 23.2 Å². The Bertz CT molecular complexity index is 1420. The van der Waals surface area contributed by atoms with E-state index in [9.17, 15) is 19.8 Å². The van der Waals surface area contributed by atoms with Crippen molar-refractivity contribution in [3.8, 4) is 10.4 Å². The zero-order chi connectivity index (χ0) is 24.2. The zero-order valence-corrected chi connectivity index (χ0v) is 20.7. The van der Waals surface area contributed by atoms with Gasteiger partial charge < -0.3 is 10.2 Å². The maximum absolute atomic E-state index is 13.6. The Morgan fingerprint density at radius 3 is 2.18 bits per heavy atom. The van der Waals surface area contributed by atoms with Crippen LogP contribution in [0.4, 0.5) is 0 Å². The van der Waals surface area contributed by atoms with Crippen LogP contribution in [-0.4, -0.2) is 32.6 Å². The number of nitrogens with zero attached hydrogens (tertiary/aromatic N) is 2. The molecule has 0 amide bonds. The van der Waals surface area contributed by atoms with E-state index in [1.165, 1.54) is 15.9 Å². The van der Waals surface area contributed by atoms with Crippen molar-refractivity contribution in [2.75, 3.05) is 13.2 Å². The highest BCUT2D eigenvalue weighted by Crippen LogP contribution is 2.39. The largest absolute Gasteiger partial charge is 0.396 e. The van der Waals surface area contributed by atoms with Crippen LogP contribution in [-0.2, 0) is 19.5 Å². The standard InChI is InChI=1S/C25H24Cl2N2O4S/c26-18-8-6-16(7-9-18)14-20-21-23(32)28(10-2-12-30)25(33)29(11-3-13-31)24(21)34-22(20)17-4-1-5-19(27)15-17/h1,4-9,15,30-31H,2-3,10-14H2. The van der Waals surface area contributed by atoms with E-state index >= 15 is 0 Å². The normalized spacial score (nSPS) is 11.4. The summed E-state index contributed by atoms with van der Waals surface area (Å²) in [4.78, 5) is 28.3. The van der Waals surface area contributed by atoms with Crippen molar-refractivity contribution in [1.82, 2.24) is 9.13 Å². The van der Waals surface area contributed by atoms with Gasteiger partial charge in [-0.1, -0.05) is 47.5 Å². The lowest BCUT2D eigenvalue weighted by Gasteiger charge is -2.12. The van der Waals surface area contributed by atoms with Gasteiger partial charge in [0.2, 0.25) is 0 Å². The second kappa shape index (κ2) is 10.9. The fourth-order valence-electron chi connectivity index (χ4n) is 4.01. The SMILES string of the molecule is O=c1c2c(Cc3ccc(Cl)cc3)c(-c3cccc(Cl)c3)sc2n(CCCO)c(=O)n1CCCO. The number of aliphatic hydroxyl groups excluding tert-OH is 2. The summed E-state index contributed by atoms with van der Waals surface area (Å²) in [5, 5.41) is 20.4. The maximum Gasteiger partial charge on any atom is 0.332 e. The number of rotatable bonds is 9. The smallest absolute Gasteiger partial charge is 0.332 e. The Kier molecular flexibility index (Phi) is 7.91. The topological polar surface area (TPSA) is 84.5 Å². The summed E-state index contributed by atoms with van der Waals surface area (Å²) in [5.74, 6) is 0. The molecule has 0 atom stereocenters. The number of aromatic nitrogens is 2. The molecule has 0 saturated carbocycles. The predicted octanol–water partition coefficient (Wildman–Crippen LogP) is 4.55. The van der Waals surface area contributed by atoms with Crippen LogP contribution >= 0.6 is 34.5 Å². The first kappa shape index (κ1) is 24.7. The Balaban J connectivity index is 2.04. The van der Waals surface area contributed by atoms with Crippen molar-refractivity contribution in [2.24, 2.45) is 0 Å². The fraction of sp³-hybridized carbons (Fsp3) is 0.280. The minimum atomic E-state index is -0.434. The molecule has 2 N–H and O–H groups in total. The number of hydrogen-bond acceptors (Lipinski definition) is 5. The van der Waals surface area contributed by atoms with Crippen LogP contribution < -0.4 is 11.2 Å². The number of aryl methyl sites for hydroxylation is 1. The molecule has 0 aliphatic rings. The molecule has 9 heteroatoms. The second-order valence-corrected chi connectivity index (χ2v) is 9.82. The van der Waals surface area contributed by atoms with E-state index in [-0.39, 0.29) is 31.9 Å². The lowest BCUT2D eigenvalue weighted by atomic mass is 10.00. The summed E-state index contributed by atoms with van der Waals surface area (Å²) >= 11 is 13.7. The summed E-state index contributed by atoms with van der Waals surface area (Å²) in [7, 11) is 0. The van der Waals surface area contributed by atoms with Crippen molar-refractivity contribution in [3.63, 3.8) is 0 Å². The first-order valence-corrected chi connectivity index (χ1v) is 12.5. The van der Waals surface area contributed by atoms with Crippen LogP contribution in [0, 0.1) is 0 Å². The van der Waals surface area contributed by atoms with Crippen LogP contribution in [0.2, 0.25) is 10.0 Å². The predicted molar refractivity (Wildman–Crippen MR) is 138 cm³/mol. The third-order valence-corrected chi connectivity index (χ3v) is 7.41. The van der Waals surface area contributed by atoms with Crippen LogP contribution in [0.3, 0.4) is 0 Å². The molecule has 34 heavy (non-hydrogen) atoms. The van der Waals surface area contributed by atoms with Crippen LogP contribution in [0.5, 0.6) is 0 Å². The quantitative estimate of drug-likeness (QED) is 0.340. The minimum absolute atomic E-state index is 0.0755.